The fourth-order valence-corrected chi connectivity index (χ4v) is 3.04. The van der Waals surface area contributed by atoms with Gasteiger partial charge in [-0.05, 0) is 29.3 Å². The number of ether oxygens (including phenoxy) is 2. The number of hydrogen-bond acceptors (Lipinski definition) is 4. The highest BCUT2D eigenvalue weighted by molar-refractivity contribution is 5.96. The summed E-state index contributed by atoms with van der Waals surface area (Å²) in [6.07, 6.45) is 0.343. The van der Waals surface area contributed by atoms with E-state index in [-0.39, 0.29) is 17.6 Å². The summed E-state index contributed by atoms with van der Waals surface area (Å²) in [5.41, 5.74) is 2.64. The molecule has 2 aliphatic rings. The first-order valence-electron chi connectivity index (χ1n) is 7.23. The molecule has 0 fully saturated rings. The predicted molar refractivity (Wildman–Crippen MR) is 80.6 cm³/mol. The third-order valence-electron chi connectivity index (χ3n) is 4.03. The lowest BCUT2D eigenvalue weighted by molar-refractivity contribution is -0.116. The van der Waals surface area contributed by atoms with Crippen molar-refractivity contribution in [3.05, 3.63) is 47.5 Å². The summed E-state index contributed by atoms with van der Waals surface area (Å²) < 4.78 is 11.2. The minimum absolute atomic E-state index is 0.0440. The van der Waals surface area contributed by atoms with E-state index in [1.807, 2.05) is 18.2 Å². The van der Waals surface area contributed by atoms with Crippen LogP contribution in [-0.2, 0) is 4.79 Å². The van der Waals surface area contributed by atoms with Gasteiger partial charge in [0, 0.05) is 24.1 Å². The number of fused-ring (bicyclic) bond motifs is 2. The molecule has 5 nitrogen and oxygen atoms in total. The number of carbonyl (C=O) groups excluding carboxylic acids is 1. The van der Waals surface area contributed by atoms with E-state index in [1.165, 1.54) is 0 Å². The molecule has 1 atom stereocenters. The zero-order valence-corrected chi connectivity index (χ0v) is 11.8. The molecule has 1 unspecified atom stereocenters. The summed E-state index contributed by atoms with van der Waals surface area (Å²) in [5.74, 6) is 1.40. The lowest BCUT2D eigenvalue weighted by Gasteiger charge is -2.29. The third-order valence-corrected chi connectivity index (χ3v) is 4.03. The maximum Gasteiger partial charge on any atom is 0.225 e. The molecule has 2 aliphatic heterocycles. The van der Waals surface area contributed by atoms with Crippen LogP contribution in [0.3, 0.4) is 0 Å². The molecule has 1 amide bonds. The Morgan fingerprint density at radius 3 is 2.64 bits per heavy atom. The molecule has 0 aromatic heterocycles. The molecule has 0 saturated carbocycles. The van der Waals surface area contributed by atoms with Crippen LogP contribution >= 0.6 is 0 Å². The smallest absolute Gasteiger partial charge is 0.225 e. The molecule has 4 rings (SSSR count). The summed E-state index contributed by atoms with van der Waals surface area (Å²) in [5, 5.41) is 12.6. The van der Waals surface area contributed by atoms with Crippen molar-refractivity contribution < 1.29 is 19.4 Å². The Morgan fingerprint density at radius 2 is 1.86 bits per heavy atom. The Balaban J connectivity index is 1.84. The van der Waals surface area contributed by atoms with Gasteiger partial charge >= 0.3 is 0 Å². The summed E-state index contributed by atoms with van der Waals surface area (Å²) in [6, 6.07) is 10.8. The van der Waals surface area contributed by atoms with Crippen molar-refractivity contribution in [1.29, 1.82) is 0 Å². The number of aromatic hydroxyl groups is 1. The second-order valence-electron chi connectivity index (χ2n) is 5.48. The SMILES string of the molecule is O=C1CC(c2cccc(O)c2)c2cc3c(cc2N1)OCCO3. The van der Waals surface area contributed by atoms with Crippen LogP contribution in [0, 0.1) is 0 Å². The molecule has 0 aliphatic carbocycles. The summed E-state index contributed by atoms with van der Waals surface area (Å²) in [7, 11) is 0. The third kappa shape index (κ3) is 2.15. The van der Waals surface area contributed by atoms with Crippen LogP contribution in [0.15, 0.2) is 36.4 Å². The van der Waals surface area contributed by atoms with Gasteiger partial charge in [-0.25, -0.2) is 0 Å². The molecule has 0 bridgehead atoms. The average molecular weight is 297 g/mol. The maximum absolute atomic E-state index is 12.0. The fraction of sp³-hybridized carbons (Fsp3) is 0.235. The van der Waals surface area contributed by atoms with Crippen LogP contribution in [0.5, 0.6) is 17.2 Å². The molecule has 5 heteroatoms. The first kappa shape index (κ1) is 13.0. The van der Waals surface area contributed by atoms with Gasteiger partial charge in [0.25, 0.3) is 0 Å². The van der Waals surface area contributed by atoms with Gasteiger partial charge in [-0.2, -0.15) is 0 Å². The number of carbonyl (C=O) groups is 1. The van der Waals surface area contributed by atoms with Gasteiger partial charge in [-0.1, -0.05) is 12.1 Å². The van der Waals surface area contributed by atoms with Crippen LogP contribution in [0.25, 0.3) is 0 Å². The normalized spacial score (nSPS) is 19.3. The Hall–Kier alpha value is -2.69. The second-order valence-corrected chi connectivity index (χ2v) is 5.48. The number of amides is 1. The van der Waals surface area contributed by atoms with Crippen molar-refractivity contribution in [3.63, 3.8) is 0 Å². The highest BCUT2D eigenvalue weighted by Gasteiger charge is 2.29. The molecule has 112 valence electrons. The van der Waals surface area contributed by atoms with Gasteiger partial charge in [-0.3, -0.25) is 4.79 Å². The van der Waals surface area contributed by atoms with Gasteiger partial charge in [-0.15, -0.1) is 0 Å². The van der Waals surface area contributed by atoms with Gasteiger partial charge < -0.3 is 19.9 Å². The van der Waals surface area contributed by atoms with Crippen molar-refractivity contribution in [2.45, 2.75) is 12.3 Å². The zero-order chi connectivity index (χ0) is 15.1. The summed E-state index contributed by atoms with van der Waals surface area (Å²) in [4.78, 5) is 12.0. The highest BCUT2D eigenvalue weighted by atomic mass is 16.6. The quantitative estimate of drug-likeness (QED) is 0.849. The standard InChI is InChI=1S/C17H15NO4/c19-11-3-1-2-10(6-11)12-8-17(20)18-14-9-16-15(7-13(12)14)21-4-5-22-16/h1-3,6-7,9,12,19H,4-5,8H2,(H,18,20). The van der Waals surface area contributed by atoms with E-state index in [1.54, 1.807) is 18.2 Å². The first-order chi connectivity index (χ1) is 10.7. The van der Waals surface area contributed by atoms with Gasteiger partial charge in [0.1, 0.15) is 19.0 Å². The van der Waals surface area contributed by atoms with Crippen molar-refractivity contribution in [1.82, 2.24) is 0 Å². The van der Waals surface area contributed by atoms with Crippen LogP contribution in [0.1, 0.15) is 23.5 Å². The Bertz CT molecular complexity index is 756. The van der Waals surface area contributed by atoms with Crippen LogP contribution in [-0.4, -0.2) is 24.2 Å². The zero-order valence-electron chi connectivity index (χ0n) is 11.8. The van der Waals surface area contributed by atoms with E-state index in [2.05, 4.69) is 5.32 Å². The van der Waals surface area contributed by atoms with E-state index in [0.717, 1.165) is 16.8 Å². The molecule has 2 aromatic rings. The van der Waals surface area contributed by atoms with E-state index in [9.17, 15) is 9.90 Å². The van der Waals surface area contributed by atoms with Crippen LogP contribution in [0.2, 0.25) is 0 Å². The van der Waals surface area contributed by atoms with Crippen molar-refractivity contribution in [2.24, 2.45) is 0 Å². The topological polar surface area (TPSA) is 67.8 Å². The lowest BCUT2D eigenvalue weighted by Crippen LogP contribution is -2.24. The highest BCUT2D eigenvalue weighted by Crippen LogP contribution is 2.44. The second kappa shape index (κ2) is 4.94. The molecule has 2 N–H and O–H groups in total. The van der Waals surface area contributed by atoms with Gasteiger partial charge in [0.15, 0.2) is 11.5 Å². The molecule has 2 aromatic carbocycles. The van der Waals surface area contributed by atoms with Crippen LogP contribution < -0.4 is 14.8 Å². The molecule has 0 saturated heterocycles. The molecule has 22 heavy (non-hydrogen) atoms. The number of anilines is 1. The number of hydrogen-bond donors (Lipinski definition) is 2. The molecular weight excluding hydrogens is 282 g/mol. The van der Waals surface area contributed by atoms with Crippen molar-refractivity contribution in [2.75, 3.05) is 18.5 Å². The van der Waals surface area contributed by atoms with E-state index in [4.69, 9.17) is 9.47 Å². The van der Waals surface area contributed by atoms with Gasteiger partial charge in [0.2, 0.25) is 5.91 Å². The van der Waals surface area contributed by atoms with Gasteiger partial charge in [0.05, 0.1) is 0 Å². The fourth-order valence-electron chi connectivity index (χ4n) is 3.04. The van der Waals surface area contributed by atoms with Crippen molar-refractivity contribution >= 4 is 11.6 Å². The monoisotopic (exact) mass is 297 g/mol. The number of nitrogens with one attached hydrogen (secondary N) is 1. The number of phenols is 1. The average Bonchev–Trinajstić information content (AvgIpc) is 2.52. The summed E-state index contributed by atoms with van der Waals surface area (Å²) >= 11 is 0. The summed E-state index contributed by atoms with van der Waals surface area (Å²) in [6.45, 7) is 1.03. The maximum atomic E-state index is 12.0. The van der Waals surface area contributed by atoms with Crippen LogP contribution in [0.4, 0.5) is 5.69 Å². The van der Waals surface area contributed by atoms with Crippen molar-refractivity contribution in [3.8, 4) is 17.2 Å². The minimum atomic E-state index is -0.105. The number of benzene rings is 2. The Morgan fingerprint density at radius 1 is 1.09 bits per heavy atom. The minimum Gasteiger partial charge on any atom is -0.508 e. The number of phenolic OH excluding ortho intramolecular Hbond substituents is 1. The first-order valence-corrected chi connectivity index (χ1v) is 7.23. The number of rotatable bonds is 1. The van der Waals surface area contributed by atoms with E-state index < -0.39 is 0 Å². The predicted octanol–water partition coefficient (Wildman–Crippen LogP) is 2.64. The van der Waals surface area contributed by atoms with E-state index >= 15 is 0 Å². The Kier molecular flexibility index (Phi) is 2.92. The lowest BCUT2D eigenvalue weighted by atomic mass is 9.84. The molecular formula is C17H15NO4. The Labute approximate surface area is 127 Å². The molecule has 2 heterocycles. The molecule has 0 radical (unpaired) electrons. The van der Waals surface area contributed by atoms with E-state index in [0.29, 0.717) is 31.1 Å². The molecule has 0 spiro atoms. The largest absolute Gasteiger partial charge is 0.508 e.